The van der Waals surface area contributed by atoms with Gasteiger partial charge in [0, 0.05) is 9.38 Å². The predicted octanol–water partition coefficient (Wildman–Crippen LogP) is 3.39. The molecule has 76 valence electrons. The Morgan fingerprint density at radius 2 is 2.00 bits per heavy atom. The fourth-order valence-electron chi connectivity index (χ4n) is 0.857. The summed E-state index contributed by atoms with van der Waals surface area (Å²) in [7, 11) is 0. The predicted molar refractivity (Wildman–Crippen MR) is 54.9 cm³/mol. The molecule has 0 radical (unpaired) electrons. The Hall–Kier alpha value is -1.57. The number of rotatable bonds is 1. The van der Waals surface area contributed by atoms with Crippen molar-refractivity contribution in [2.75, 3.05) is 6.54 Å². The molecule has 0 heterocycles. The summed E-state index contributed by atoms with van der Waals surface area (Å²) in [5.74, 6) is 3.09. The summed E-state index contributed by atoms with van der Waals surface area (Å²) >= 11 is 2.95. The lowest BCUT2D eigenvalue weighted by molar-refractivity contribution is 0.576. The molecule has 0 aliphatic heterocycles. The zero-order valence-electron chi connectivity index (χ0n) is 7.34. The normalized spacial score (nSPS) is 8.73. The van der Waals surface area contributed by atoms with Gasteiger partial charge in [0.15, 0.2) is 0 Å². The molecule has 3 nitrogen and oxygen atoms in total. The van der Waals surface area contributed by atoms with Crippen LogP contribution < -0.4 is 0 Å². The molecule has 0 aromatic heterocycles. The van der Waals surface area contributed by atoms with Crippen molar-refractivity contribution < 1.29 is 8.78 Å². The lowest BCUT2D eigenvalue weighted by Gasteiger charge is -1.97. The Morgan fingerprint density at radius 1 is 1.40 bits per heavy atom. The smallest absolute Gasteiger partial charge is 0.142 e. The standard InChI is InChI=1S/C9H4BrF2N3/c10-6-4-8(11)7(9(12)5-6)2-1-3-14-15-13/h4-5H,3H2. The summed E-state index contributed by atoms with van der Waals surface area (Å²) in [5.41, 5.74) is 7.62. The van der Waals surface area contributed by atoms with Crippen molar-refractivity contribution in [3.8, 4) is 11.8 Å². The van der Waals surface area contributed by atoms with E-state index in [4.69, 9.17) is 5.53 Å². The van der Waals surface area contributed by atoms with Crippen LogP contribution in [-0.2, 0) is 0 Å². The first-order valence-corrected chi connectivity index (χ1v) is 4.58. The van der Waals surface area contributed by atoms with Gasteiger partial charge in [0.25, 0.3) is 0 Å². The number of halogens is 3. The van der Waals surface area contributed by atoms with Crippen LogP contribution in [0.5, 0.6) is 0 Å². The van der Waals surface area contributed by atoms with Crippen LogP contribution in [0.2, 0.25) is 0 Å². The fourth-order valence-corrected chi connectivity index (χ4v) is 1.26. The van der Waals surface area contributed by atoms with Gasteiger partial charge in [-0.1, -0.05) is 32.9 Å². The lowest BCUT2D eigenvalue weighted by Crippen LogP contribution is -1.90. The van der Waals surface area contributed by atoms with Gasteiger partial charge in [-0.05, 0) is 17.7 Å². The lowest BCUT2D eigenvalue weighted by atomic mass is 10.2. The highest BCUT2D eigenvalue weighted by Crippen LogP contribution is 2.18. The molecule has 0 saturated heterocycles. The molecule has 0 bridgehead atoms. The SMILES string of the molecule is [N-]=[N+]=NCC#Cc1c(F)cc(Br)cc1F. The van der Waals surface area contributed by atoms with Crippen LogP contribution in [0.15, 0.2) is 21.7 Å². The van der Waals surface area contributed by atoms with Gasteiger partial charge in [-0.2, -0.15) is 0 Å². The van der Waals surface area contributed by atoms with E-state index in [1.165, 1.54) is 0 Å². The number of nitrogens with zero attached hydrogens (tertiary/aromatic N) is 3. The van der Waals surface area contributed by atoms with Crippen molar-refractivity contribution in [1.29, 1.82) is 0 Å². The summed E-state index contributed by atoms with van der Waals surface area (Å²) < 4.78 is 26.6. The van der Waals surface area contributed by atoms with E-state index < -0.39 is 11.6 Å². The van der Waals surface area contributed by atoms with Gasteiger partial charge < -0.3 is 0 Å². The second kappa shape index (κ2) is 5.35. The molecule has 0 atom stereocenters. The summed E-state index contributed by atoms with van der Waals surface area (Å²) in [6, 6.07) is 2.22. The third-order valence-corrected chi connectivity index (χ3v) is 1.89. The zero-order valence-corrected chi connectivity index (χ0v) is 8.92. The van der Waals surface area contributed by atoms with Gasteiger partial charge in [0.05, 0.1) is 12.1 Å². The van der Waals surface area contributed by atoms with E-state index in [2.05, 4.69) is 37.8 Å². The third kappa shape index (κ3) is 3.24. The van der Waals surface area contributed by atoms with Crippen molar-refractivity contribution in [2.45, 2.75) is 0 Å². The minimum atomic E-state index is -0.754. The van der Waals surface area contributed by atoms with Gasteiger partial charge in [-0.15, -0.1) is 0 Å². The van der Waals surface area contributed by atoms with Crippen LogP contribution in [-0.4, -0.2) is 6.54 Å². The van der Waals surface area contributed by atoms with E-state index in [-0.39, 0.29) is 12.1 Å². The highest BCUT2D eigenvalue weighted by Gasteiger charge is 2.07. The summed E-state index contributed by atoms with van der Waals surface area (Å²) in [4.78, 5) is 2.45. The van der Waals surface area contributed by atoms with E-state index >= 15 is 0 Å². The van der Waals surface area contributed by atoms with Crippen LogP contribution in [0.3, 0.4) is 0 Å². The first kappa shape index (κ1) is 11.5. The average Bonchev–Trinajstić information content (AvgIpc) is 2.15. The van der Waals surface area contributed by atoms with Gasteiger partial charge in [-0.3, -0.25) is 0 Å². The first-order valence-electron chi connectivity index (χ1n) is 3.79. The Morgan fingerprint density at radius 3 is 2.53 bits per heavy atom. The molecule has 0 unspecified atom stereocenters. The monoisotopic (exact) mass is 271 g/mol. The number of hydrogen-bond donors (Lipinski definition) is 0. The van der Waals surface area contributed by atoms with Crippen LogP contribution in [0.4, 0.5) is 8.78 Å². The van der Waals surface area contributed by atoms with Crippen LogP contribution in [0.25, 0.3) is 10.4 Å². The molecular formula is C9H4BrF2N3. The van der Waals surface area contributed by atoms with Gasteiger partial charge in [0.2, 0.25) is 0 Å². The maximum atomic E-state index is 13.1. The molecule has 0 saturated carbocycles. The highest BCUT2D eigenvalue weighted by atomic mass is 79.9. The molecule has 0 N–H and O–H groups in total. The van der Waals surface area contributed by atoms with Gasteiger partial charge in [-0.25, -0.2) is 8.78 Å². The maximum absolute atomic E-state index is 13.1. The quantitative estimate of drug-likeness (QED) is 0.325. The minimum absolute atomic E-state index is 0.120. The van der Waals surface area contributed by atoms with Crippen LogP contribution >= 0.6 is 15.9 Å². The second-order valence-corrected chi connectivity index (χ2v) is 3.35. The summed E-state index contributed by atoms with van der Waals surface area (Å²) in [6.45, 7) is -0.120. The summed E-state index contributed by atoms with van der Waals surface area (Å²) in [5, 5.41) is 3.12. The summed E-state index contributed by atoms with van der Waals surface area (Å²) in [6.07, 6.45) is 0. The van der Waals surface area contributed by atoms with Crippen molar-refractivity contribution in [3.05, 3.63) is 44.2 Å². The first-order chi connectivity index (χ1) is 7.15. The third-order valence-electron chi connectivity index (χ3n) is 1.43. The van der Waals surface area contributed by atoms with Crippen molar-refractivity contribution >= 4 is 15.9 Å². The topological polar surface area (TPSA) is 48.8 Å². The Labute approximate surface area is 92.9 Å². The van der Waals surface area contributed by atoms with Gasteiger partial charge >= 0.3 is 0 Å². The zero-order chi connectivity index (χ0) is 11.3. The number of benzene rings is 1. The van der Waals surface area contributed by atoms with E-state index in [9.17, 15) is 8.78 Å². The average molecular weight is 272 g/mol. The molecule has 0 aliphatic carbocycles. The molecular weight excluding hydrogens is 268 g/mol. The van der Waals surface area contributed by atoms with E-state index in [0.717, 1.165) is 12.1 Å². The number of hydrogen-bond acceptors (Lipinski definition) is 1. The fraction of sp³-hybridized carbons (Fsp3) is 0.111. The van der Waals surface area contributed by atoms with E-state index in [1.807, 2.05) is 0 Å². The van der Waals surface area contributed by atoms with Crippen LogP contribution in [0, 0.1) is 23.5 Å². The molecule has 0 aliphatic rings. The van der Waals surface area contributed by atoms with E-state index in [0.29, 0.717) is 4.47 Å². The molecule has 1 aromatic rings. The molecule has 6 heteroatoms. The Kier molecular flexibility index (Phi) is 4.10. The van der Waals surface area contributed by atoms with Gasteiger partial charge in [0.1, 0.15) is 11.6 Å². The molecule has 1 aromatic carbocycles. The van der Waals surface area contributed by atoms with E-state index in [1.54, 1.807) is 0 Å². The van der Waals surface area contributed by atoms with Crippen molar-refractivity contribution in [3.63, 3.8) is 0 Å². The highest BCUT2D eigenvalue weighted by molar-refractivity contribution is 9.10. The Balaban J connectivity index is 3.02. The number of azide groups is 1. The molecule has 0 fully saturated rings. The molecule has 15 heavy (non-hydrogen) atoms. The maximum Gasteiger partial charge on any atom is 0.142 e. The van der Waals surface area contributed by atoms with Crippen molar-refractivity contribution in [1.82, 2.24) is 0 Å². The largest absolute Gasteiger partial charge is 0.205 e. The van der Waals surface area contributed by atoms with Crippen molar-refractivity contribution in [2.24, 2.45) is 5.11 Å². The molecule has 0 amide bonds. The molecule has 1 rings (SSSR count). The molecule has 0 spiro atoms. The van der Waals surface area contributed by atoms with Crippen LogP contribution in [0.1, 0.15) is 5.56 Å². The Bertz CT molecular complexity index is 461. The minimum Gasteiger partial charge on any atom is -0.205 e. The second-order valence-electron chi connectivity index (χ2n) is 2.44.